The summed E-state index contributed by atoms with van der Waals surface area (Å²) < 4.78 is 0. The maximum atomic E-state index is 10.9. The lowest BCUT2D eigenvalue weighted by Gasteiger charge is -2.73. The number of fused-ring (bicyclic) bond motifs is 7. The van der Waals surface area contributed by atoms with E-state index >= 15 is 0 Å². The minimum Gasteiger partial charge on any atom is -0.393 e. The second-order valence-electron chi connectivity index (χ2n) is 14.7. The monoisotopic (exact) mass is 426 g/mol. The predicted molar refractivity (Wildman–Crippen MR) is 131 cm³/mol. The fourth-order valence-electron chi connectivity index (χ4n) is 11.5. The lowest BCUT2D eigenvalue weighted by Crippen LogP contribution is -2.66. The molecule has 5 saturated carbocycles. The van der Waals surface area contributed by atoms with Crippen LogP contribution >= 0.6 is 0 Å². The summed E-state index contributed by atoms with van der Waals surface area (Å²) in [6.45, 7) is 22.3. The van der Waals surface area contributed by atoms with Gasteiger partial charge >= 0.3 is 0 Å². The molecule has 5 aliphatic rings. The second kappa shape index (κ2) is 6.64. The zero-order chi connectivity index (χ0) is 22.6. The Balaban J connectivity index is 1.54. The molecule has 10 atom stereocenters. The molecule has 0 saturated heterocycles. The molecule has 0 aromatic carbocycles. The molecule has 0 aromatic rings. The molecular weight excluding hydrogens is 376 g/mol. The second-order valence-corrected chi connectivity index (χ2v) is 14.7. The minimum atomic E-state index is -0.118. The van der Waals surface area contributed by atoms with E-state index in [4.69, 9.17) is 0 Å². The number of aliphatic hydroxyl groups excluding tert-OH is 1. The van der Waals surface area contributed by atoms with Crippen molar-refractivity contribution in [3.05, 3.63) is 12.2 Å². The maximum Gasteiger partial charge on any atom is 0.0594 e. The van der Waals surface area contributed by atoms with Crippen molar-refractivity contribution in [2.24, 2.45) is 56.7 Å². The first-order chi connectivity index (χ1) is 14.3. The van der Waals surface area contributed by atoms with Crippen LogP contribution in [0.15, 0.2) is 12.2 Å². The molecular formula is C30H50O. The van der Waals surface area contributed by atoms with E-state index in [1.165, 1.54) is 63.4 Å². The number of rotatable bonds is 1. The van der Waals surface area contributed by atoms with E-state index in [2.05, 4.69) is 55.0 Å². The van der Waals surface area contributed by atoms with Crippen molar-refractivity contribution in [3.8, 4) is 0 Å². The van der Waals surface area contributed by atoms with Crippen molar-refractivity contribution in [2.75, 3.05) is 0 Å². The number of aliphatic hydroxyl groups is 1. The molecule has 0 spiro atoms. The van der Waals surface area contributed by atoms with Gasteiger partial charge in [-0.15, -0.1) is 0 Å². The third-order valence-corrected chi connectivity index (χ3v) is 13.5. The first-order valence-corrected chi connectivity index (χ1v) is 13.6. The Bertz CT molecular complexity index is 766. The van der Waals surface area contributed by atoms with Crippen LogP contribution < -0.4 is 0 Å². The van der Waals surface area contributed by atoms with Gasteiger partial charge in [0.15, 0.2) is 0 Å². The highest BCUT2D eigenvalue weighted by Gasteiger charge is 2.70. The number of hydrogen-bond acceptors (Lipinski definition) is 1. The standard InChI is InChI=1S/C30H50O/c1-19(2)20-11-14-27(5)17-18-29(7)21(25(20)27)9-10-23-28(6)15-13-24(31)26(3,4)22(28)12-16-30(23,29)8/h20-25,31H,1,9-18H2,2-8H3/t20-,21-,22+,23-,24+,25+,27-,28+,29+,30-/m1/s1. The first kappa shape index (κ1) is 22.5. The highest BCUT2D eigenvalue weighted by atomic mass is 16.3. The molecule has 1 heteroatoms. The molecule has 5 rings (SSSR count). The van der Waals surface area contributed by atoms with E-state index in [0.717, 1.165) is 30.1 Å². The van der Waals surface area contributed by atoms with Gasteiger partial charge in [0.05, 0.1) is 6.10 Å². The molecule has 0 bridgehead atoms. The lowest BCUT2D eigenvalue weighted by molar-refractivity contribution is -0.246. The zero-order valence-corrected chi connectivity index (χ0v) is 21.7. The van der Waals surface area contributed by atoms with Crippen molar-refractivity contribution >= 4 is 0 Å². The van der Waals surface area contributed by atoms with Crippen LogP contribution in [0.25, 0.3) is 0 Å². The van der Waals surface area contributed by atoms with Gasteiger partial charge in [-0.3, -0.25) is 0 Å². The van der Waals surface area contributed by atoms with Crippen LogP contribution in [0.1, 0.15) is 113 Å². The molecule has 5 aliphatic carbocycles. The Labute approximate surface area is 192 Å². The van der Waals surface area contributed by atoms with Crippen LogP contribution in [0.3, 0.4) is 0 Å². The highest BCUT2D eigenvalue weighted by Crippen LogP contribution is 2.77. The zero-order valence-electron chi connectivity index (χ0n) is 21.7. The molecule has 0 amide bonds. The highest BCUT2D eigenvalue weighted by molar-refractivity contribution is 5.21. The third-order valence-electron chi connectivity index (χ3n) is 13.5. The summed E-state index contributed by atoms with van der Waals surface area (Å²) in [5, 5.41) is 10.9. The van der Waals surface area contributed by atoms with Gasteiger partial charge in [0, 0.05) is 0 Å². The smallest absolute Gasteiger partial charge is 0.0594 e. The Kier molecular flexibility index (Phi) is 4.82. The van der Waals surface area contributed by atoms with Gasteiger partial charge in [-0.1, -0.05) is 53.7 Å². The predicted octanol–water partition coefficient (Wildman–Crippen LogP) is 8.02. The molecule has 0 unspecified atom stereocenters. The lowest BCUT2D eigenvalue weighted by atomic mass is 9.32. The summed E-state index contributed by atoms with van der Waals surface area (Å²) in [7, 11) is 0. The van der Waals surface area contributed by atoms with Gasteiger partial charge in [0.2, 0.25) is 0 Å². The molecule has 0 heterocycles. The summed E-state index contributed by atoms with van der Waals surface area (Å²) in [6.07, 6.45) is 13.4. The fraction of sp³-hybridized carbons (Fsp3) is 0.933. The molecule has 0 radical (unpaired) electrons. The molecule has 5 fully saturated rings. The summed E-state index contributed by atoms with van der Waals surface area (Å²) in [5.74, 6) is 3.98. The largest absolute Gasteiger partial charge is 0.393 e. The molecule has 0 aromatic heterocycles. The average molecular weight is 427 g/mol. The maximum absolute atomic E-state index is 10.9. The van der Waals surface area contributed by atoms with Crippen LogP contribution in [0.4, 0.5) is 0 Å². The Morgan fingerprint density at radius 3 is 2.13 bits per heavy atom. The Morgan fingerprint density at radius 1 is 0.742 bits per heavy atom. The van der Waals surface area contributed by atoms with Crippen LogP contribution in [-0.2, 0) is 0 Å². The van der Waals surface area contributed by atoms with Crippen LogP contribution in [0.5, 0.6) is 0 Å². The van der Waals surface area contributed by atoms with Gasteiger partial charge in [-0.05, 0) is 128 Å². The summed E-state index contributed by atoms with van der Waals surface area (Å²) in [5.41, 5.74) is 3.38. The SMILES string of the molecule is C=C(C)[C@H]1CC[C@]2(C)CC[C@@]3(C)[C@H](CC[C@@H]4[C@@]5(C)CC[C@H](O)C(C)(C)[C@@H]5CC[C@]43C)[C@H]12. The van der Waals surface area contributed by atoms with Gasteiger partial charge in [-0.2, -0.15) is 0 Å². The molecule has 0 aliphatic heterocycles. The van der Waals surface area contributed by atoms with Crippen molar-refractivity contribution in [1.82, 2.24) is 0 Å². The summed E-state index contributed by atoms with van der Waals surface area (Å²) in [6, 6.07) is 0. The number of hydrogen-bond donors (Lipinski definition) is 1. The van der Waals surface area contributed by atoms with Crippen molar-refractivity contribution in [1.29, 1.82) is 0 Å². The van der Waals surface area contributed by atoms with Gasteiger partial charge in [0.25, 0.3) is 0 Å². The van der Waals surface area contributed by atoms with E-state index in [1.54, 1.807) is 0 Å². The van der Waals surface area contributed by atoms with Crippen LogP contribution in [0.2, 0.25) is 0 Å². The van der Waals surface area contributed by atoms with Crippen molar-refractivity contribution < 1.29 is 5.11 Å². The van der Waals surface area contributed by atoms with E-state index in [0.29, 0.717) is 27.6 Å². The fourth-order valence-corrected chi connectivity index (χ4v) is 11.5. The van der Waals surface area contributed by atoms with Crippen molar-refractivity contribution in [2.45, 2.75) is 119 Å². The Hall–Kier alpha value is -0.300. The molecule has 176 valence electrons. The molecule has 31 heavy (non-hydrogen) atoms. The van der Waals surface area contributed by atoms with E-state index < -0.39 is 0 Å². The summed E-state index contributed by atoms with van der Waals surface area (Å²) >= 11 is 0. The Morgan fingerprint density at radius 2 is 1.45 bits per heavy atom. The third kappa shape index (κ3) is 2.65. The van der Waals surface area contributed by atoms with E-state index in [-0.39, 0.29) is 11.5 Å². The van der Waals surface area contributed by atoms with Crippen molar-refractivity contribution in [3.63, 3.8) is 0 Å². The first-order valence-electron chi connectivity index (χ1n) is 13.6. The number of allylic oxidation sites excluding steroid dienone is 1. The average Bonchev–Trinajstić information content (AvgIpc) is 3.04. The van der Waals surface area contributed by atoms with Crippen LogP contribution in [0, 0.1) is 56.7 Å². The minimum absolute atomic E-state index is 0.0632. The normalized spacial score (nSPS) is 57.9. The molecule has 1 nitrogen and oxygen atoms in total. The van der Waals surface area contributed by atoms with Gasteiger partial charge in [0.1, 0.15) is 0 Å². The van der Waals surface area contributed by atoms with Gasteiger partial charge < -0.3 is 5.11 Å². The summed E-state index contributed by atoms with van der Waals surface area (Å²) in [4.78, 5) is 0. The van der Waals surface area contributed by atoms with E-state index in [1.807, 2.05) is 0 Å². The topological polar surface area (TPSA) is 20.2 Å². The molecule has 1 N–H and O–H groups in total. The van der Waals surface area contributed by atoms with Gasteiger partial charge in [-0.25, -0.2) is 0 Å². The van der Waals surface area contributed by atoms with Crippen LogP contribution in [-0.4, -0.2) is 11.2 Å². The quantitative estimate of drug-likeness (QED) is 0.421. The van der Waals surface area contributed by atoms with E-state index in [9.17, 15) is 5.11 Å².